The van der Waals surface area contributed by atoms with Crippen LogP contribution in [0.1, 0.15) is 40.9 Å². The molecule has 1 aromatic carbocycles. The number of nitrogens with one attached hydrogen (secondary N) is 2. The molecule has 1 atom stereocenters. The van der Waals surface area contributed by atoms with Crippen LogP contribution >= 0.6 is 0 Å². The van der Waals surface area contributed by atoms with Crippen LogP contribution in [0.5, 0.6) is 0 Å². The lowest BCUT2D eigenvalue weighted by molar-refractivity contribution is -0.137. The first kappa shape index (κ1) is 16.8. The number of alkyl halides is 3. The third kappa shape index (κ3) is 4.00. The summed E-state index contributed by atoms with van der Waals surface area (Å²) in [6, 6.07) is 9.16. The SMILES string of the molecule is CCC(NC(=O)c1cc(C(F)(F)F)c[nH]c1=O)c1ccccc1. The zero-order valence-electron chi connectivity index (χ0n) is 12.3. The van der Waals surface area contributed by atoms with Crippen LogP contribution in [0.25, 0.3) is 0 Å². The Morgan fingerprint density at radius 1 is 1.26 bits per heavy atom. The smallest absolute Gasteiger partial charge is 0.345 e. The van der Waals surface area contributed by atoms with Crippen LogP contribution in [-0.2, 0) is 6.18 Å². The van der Waals surface area contributed by atoms with E-state index in [0.717, 1.165) is 5.56 Å². The second-order valence-electron chi connectivity index (χ2n) is 4.97. The largest absolute Gasteiger partial charge is 0.417 e. The Morgan fingerprint density at radius 2 is 1.91 bits per heavy atom. The molecule has 7 heteroatoms. The fourth-order valence-electron chi connectivity index (χ4n) is 2.16. The van der Waals surface area contributed by atoms with E-state index in [1.165, 1.54) is 0 Å². The van der Waals surface area contributed by atoms with Gasteiger partial charge in [0.15, 0.2) is 0 Å². The molecule has 0 saturated heterocycles. The summed E-state index contributed by atoms with van der Waals surface area (Å²) in [5.74, 6) is -0.840. The quantitative estimate of drug-likeness (QED) is 0.907. The van der Waals surface area contributed by atoms with Gasteiger partial charge in [0.25, 0.3) is 11.5 Å². The average Bonchev–Trinajstić information content (AvgIpc) is 2.52. The summed E-state index contributed by atoms with van der Waals surface area (Å²) in [6.07, 6.45) is -3.55. The maximum Gasteiger partial charge on any atom is 0.417 e. The Bertz CT molecular complexity index is 739. The summed E-state index contributed by atoms with van der Waals surface area (Å²) in [5, 5.41) is 2.59. The first-order chi connectivity index (χ1) is 10.8. The average molecular weight is 324 g/mol. The van der Waals surface area contributed by atoms with Crippen molar-refractivity contribution in [3.8, 4) is 0 Å². The van der Waals surface area contributed by atoms with E-state index in [4.69, 9.17) is 0 Å². The number of rotatable bonds is 4. The first-order valence-electron chi connectivity index (χ1n) is 6.98. The van der Waals surface area contributed by atoms with Crippen LogP contribution in [0.15, 0.2) is 47.4 Å². The fourth-order valence-corrected chi connectivity index (χ4v) is 2.16. The van der Waals surface area contributed by atoms with E-state index in [9.17, 15) is 22.8 Å². The first-order valence-corrected chi connectivity index (χ1v) is 6.98. The molecule has 122 valence electrons. The van der Waals surface area contributed by atoms with Crippen molar-refractivity contribution in [3.63, 3.8) is 0 Å². The molecule has 4 nitrogen and oxygen atoms in total. The summed E-state index contributed by atoms with van der Waals surface area (Å²) in [6.45, 7) is 1.83. The summed E-state index contributed by atoms with van der Waals surface area (Å²) in [5.41, 5.74) is -1.69. The van der Waals surface area contributed by atoms with Gasteiger partial charge in [-0.05, 0) is 18.1 Å². The number of carbonyl (C=O) groups is 1. The van der Waals surface area contributed by atoms with Gasteiger partial charge in [-0.3, -0.25) is 9.59 Å². The summed E-state index contributed by atoms with van der Waals surface area (Å²) < 4.78 is 38.1. The number of H-pyrrole nitrogens is 1. The number of hydrogen-bond acceptors (Lipinski definition) is 2. The fraction of sp³-hybridized carbons (Fsp3) is 0.250. The second kappa shape index (κ2) is 6.68. The number of hydrogen-bond donors (Lipinski definition) is 2. The van der Waals surface area contributed by atoms with Crippen molar-refractivity contribution in [3.05, 3.63) is 69.6 Å². The van der Waals surface area contributed by atoms with Gasteiger partial charge >= 0.3 is 6.18 Å². The van der Waals surface area contributed by atoms with Gasteiger partial charge in [0.05, 0.1) is 11.6 Å². The van der Waals surface area contributed by atoms with E-state index in [1.54, 1.807) is 24.3 Å². The topological polar surface area (TPSA) is 62.0 Å². The molecule has 2 N–H and O–H groups in total. The van der Waals surface area contributed by atoms with Crippen LogP contribution in [0.3, 0.4) is 0 Å². The van der Waals surface area contributed by atoms with Crippen LogP contribution in [0.4, 0.5) is 13.2 Å². The van der Waals surface area contributed by atoms with E-state index in [2.05, 4.69) is 5.32 Å². The van der Waals surface area contributed by atoms with Gasteiger partial charge in [0.2, 0.25) is 0 Å². The molecule has 2 aromatic rings. The minimum atomic E-state index is -4.64. The van der Waals surface area contributed by atoms with Gasteiger partial charge in [-0.25, -0.2) is 0 Å². The molecule has 1 heterocycles. The van der Waals surface area contributed by atoms with Gasteiger partial charge in [-0.1, -0.05) is 37.3 Å². The van der Waals surface area contributed by atoms with Crippen molar-refractivity contribution >= 4 is 5.91 Å². The number of benzene rings is 1. The third-order valence-corrected chi connectivity index (χ3v) is 3.39. The Morgan fingerprint density at radius 3 is 2.48 bits per heavy atom. The van der Waals surface area contributed by atoms with E-state index >= 15 is 0 Å². The molecule has 1 aromatic heterocycles. The number of amides is 1. The second-order valence-corrected chi connectivity index (χ2v) is 4.97. The Balaban J connectivity index is 2.28. The van der Waals surface area contributed by atoms with Crippen LogP contribution < -0.4 is 10.9 Å². The highest BCUT2D eigenvalue weighted by Crippen LogP contribution is 2.28. The molecule has 0 radical (unpaired) electrons. The van der Waals surface area contributed by atoms with Crippen molar-refractivity contribution in [2.75, 3.05) is 0 Å². The van der Waals surface area contributed by atoms with Crippen LogP contribution in [0, 0.1) is 0 Å². The highest BCUT2D eigenvalue weighted by molar-refractivity contribution is 5.94. The molecular formula is C16H15F3N2O2. The third-order valence-electron chi connectivity index (χ3n) is 3.39. The van der Waals surface area contributed by atoms with Gasteiger partial charge < -0.3 is 10.3 Å². The molecule has 23 heavy (non-hydrogen) atoms. The number of halogens is 3. The highest BCUT2D eigenvalue weighted by Gasteiger charge is 2.32. The van der Waals surface area contributed by atoms with Gasteiger partial charge in [0.1, 0.15) is 5.56 Å². The molecule has 0 aliphatic carbocycles. The van der Waals surface area contributed by atoms with E-state index < -0.39 is 34.8 Å². The lowest BCUT2D eigenvalue weighted by atomic mass is 10.0. The number of pyridine rings is 1. The van der Waals surface area contributed by atoms with E-state index in [0.29, 0.717) is 18.7 Å². The van der Waals surface area contributed by atoms with Crippen molar-refractivity contribution in [1.82, 2.24) is 10.3 Å². The predicted octanol–water partition coefficient (Wildman–Crippen LogP) is 3.27. The van der Waals surface area contributed by atoms with Gasteiger partial charge in [-0.2, -0.15) is 13.2 Å². The van der Waals surface area contributed by atoms with E-state index in [1.807, 2.05) is 18.0 Å². The normalized spacial score (nSPS) is 12.7. The van der Waals surface area contributed by atoms with Gasteiger partial charge in [-0.15, -0.1) is 0 Å². The molecule has 0 fully saturated rings. The minimum Gasteiger partial charge on any atom is -0.345 e. The van der Waals surface area contributed by atoms with Crippen molar-refractivity contribution in [2.24, 2.45) is 0 Å². The van der Waals surface area contributed by atoms with Crippen molar-refractivity contribution in [1.29, 1.82) is 0 Å². The van der Waals surface area contributed by atoms with Crippen LogP contribution in [-0.4, -0.2) is 10.9 Å². The molecule has 2 rings (SSSR count). The standard InChI is InChI=1S/C16H15F3N2O2/c1-2-13(10-6-4-3-5-7-10)21-15(23)12-8-11(16(17,18)19)9-20-14(12)22/h3-9,13H,2H2,1H3,(H,20,22)(H,21,23). The maximum absolute atomic E-state index is 12.7. The molecule has 0 saturated carbocycles. The monoisotopic (exact) mass is 324 g/mol. The number of carbonyl (C=O) groups excluding carboxylic acids is 1. The van der Waals surface area contributed by atoms with E-state index in [-0.39, 0.29) is 0 Å². The van der Waals surface area contributed by atoms with Crippen molar-refractivity contribution < 1.29 is 18.0 Å². The Labute approximate surface area is 130 Å². The number of aromatic nitrogens is 1. The summed E-state index contributed by atoms with van der Waals surface area (Å²) in [7, 11) is 0. The van der Waals surface area contributed by atoms with Gasteiger partial charge in [0, 0.05) is 6.20 Å². The highest BCUT2D eigenvalue weighted by atomic mass is 19.4. The maximum atomic E-state index is 12.7. The zero-order valence-corrected chi connectivity index (χ0v) is 12.3. The van der Waals surface area contributed by atoms with Crippen LogP contribution in [0.2, 0.25) is 0 Å². The summed E-state index contributed by atoms with van der Waals surface area (Å²) in [4.78, 5) is 25.8. The lowest BCUT2D eigenvalue weighted by Crippen LogP contribution is -2.33. The van der Waals surface area contributed by atoms with Crippen molar-refractivity contribution in [2.45, 2.75) is 25.6 Å². The minimum absolute atomic E-state index is 0.391. The predicted molar refractivity (Wildman–Crippen MR) is 79.0 cm³/mol. The lowest BCUT2D eigenvalue weighted by Gasteiger charge is -2.17. The summed E-state index contributed by atoms with van der Waals surface area (Å²) >= 11 is 0. The molecule has 0 spiro atoms. The molecule has 0 aliphatic rings. The number of aromatic amines is 1. The molecular weight excluding hydrogens is 309 g/mol. The Hall–Kier alpha value is -2.57. The molecule has 1 unspecified atom stereocenters. The zero-order chi connectivity index (χ0) is 17.0. The Kier molecular flexibility index (Phi) is 4.88. The molecule has 0 aliphatic heterocycles. The molecule has 1 amide bonds. The molecule has 0 bridgehead atoms.